The standard InChI is InChI=1S/C7H8N2S/c1-5-2-3-6(7(8)10)9-4-5/h2-4H,1H3,(H2,8,10). The number of aromatic nitrogens is 1. The molecule has 10 heavy (non-hydrogen) atoms. The molecule has 0 atom stereocenters. The number of hydrogen-bond acceptors (Lipinski definition) is 2. The number of thiocarbonyl (C=S) groups is 1. The highest BCUT2D eigenvalue weighted by atomic mass is 32.1. The summed E-state index contributed by atoms with van der Waals surface area (Å²) in [5.74, 6) is 0. The zero-order valence-corrected chi connectivity index (χ0v) is 6.48. The minimum absolute atomic E-state index is 0.347. The average molecular weight is 152 g/mol. The Morgan fingerprint density at radius 2 is 2.30 bits per heavy atom. The molecular formula is C7H8N2S. The zero-order valence-electron chi connectivity index (χ0n) is 5.66. The lowest BCUT2D eigenvalue weighted by Gasteiger charge is -1.95. The normalized spacial score (nSPS) is 9.30. The van der Waals surface area contributed by atoms with Gasteiger partial charge in [-0.1, -0.05) is 18.3 Å². The summed E-state index contributed by atoms with van der Waals surface area (Å²) in [6.07, 6.45) is 1.74. The molecule has 0 spiro atoms. The number of pyridine rings is 1. The summed E-state index contributed by atoms with van der Waals surface area (Å²) in [4.78, 5) is 4.36. The largest absolute Gasteiger partial charge is 0.388 e. The molecule has 0 radical (unpaired) electrons. The highest BCUT2D eigenvalue weighted by Gasteiger charge is 1.93. The molecule has 1 rings (SSSR count). The Balaban J connectivity index is 3.00. The van der Waals surface area contributed by atoms with Crippen molar-refractivity contribution in [3.63, 3.8) is 0 Å². The van der Waals surface area contributed by atoms with E-state index in [0.717, 1.165) is 5.56 Å². The van der Waals surface area contributed by atoms with Crippen LogP contribution in [0.25, 0.3) is 0 Å². The summed E-state index contributed by atoms with van der Waals surface area (Å²) < 4.78 is 0. The monoisotopic (exact) mass is 152 g/mol. The van der Waals surface area contributed by atoms with E-state index >= 15 is 0 Å². The van der Waals surface area contributed by atoms with E-state index in [1.54, 1.807) is 6.20 Å². The van der Waals surface area contributed by atoms with Gasteiger partial charge in [0.25, 0.3) is 0 Å². The van der Waals surface area contributed by atoms with Gasteiger partial charge >= 0.3 is 0 Å². The number of nitrogens with zero attached hydrogens (tertiary/aromatic N) is 1. The van der Waals surface area contributed by atoms with Crippen molar-refractivity contribution in [2.24, 2.45) is 5.73 Å². The van der Waals surface area contributed by atoms with Crippen LogP contribution in [-0.2, 0) is 0 Å². The van der Waals surface area contributed by atoms with Crippen LogP contribution >= 0.6 is 12.2 Å². The van der Waals surface area contributed by atoms with Gasteiger partial charge in [-0.3, -0.25) is 4.98 Å². The quantitative estimate of drug-likeness (QED) is 0.611. The van der Waals surface area contributed by atoms with Crippen LogP contribution in [-0.4, -0.2) is 9.97 Å². The molecule has 0 bridgehead atoms. The SMILES string of the molecule is Cc1ccc(C(N)=S)nc1. The van der Waals surface area contributed by atoms with E-state index in [-0.39, 0.29) is 0 Å². The fourth-order valence-electron chi connectivity index (χ4n) is 0.614. The molecule has 2 nitrogen and oxygen atoms in total. The fraction of sp³-hybridized carbons (Fsp3) is 0.143. The number of aryl methyl sites for hydroxylation is 1. The fourth-order valence-corrected chi connectivity index (χ4v) is 0.734. The summed E-state index contributed by atoms with van der Waals surface area (Å²) in [6, 6.07) is 3.75. The van der Waals surface area contributed by atoms with Crippen molar-refractivity contribution < 1.29 is 0 Å². The van der Waals surface area contributed by atoms with Crippen LogP contribution < -0.4 is 5.73 Å². The first kappa shape index (κ1) is 7.15. The number of rotatable bonds is 1. The Labute approximate surface area is 65.1 Å². The van der Waals surface area contributed by atoms with Gasteiger partial charge in [0.05, 0.1) is 5.69 Å². The molecule has 0 fully saturated rings. The Kier molecular flexibility index (Phi) is 1.97. The van der Waals surface area contributed by atoms with Gasteiger partial charge in [-0.25, -0.2) is 0 Å². The molecule has 0 amide bonds. The van der Waals surface area contributed by atoms with E-state index in [9.17, 15) is 0 Å². The lowest BCUT2D eigenvalue weighted by atomic mass is 10.3. The minimum atomic E-state index is 0.347. The third-order valence-corrected chi connectivity index (χ3v) is 1.37. The van der Waals surface area contributed by atoms with E-state index < -0.39 is 0 Å². The lowest BCUT2D eigenvalue weighted by molar-refractivity contribution is 1.24. The van der Waals surface area contributed by atoms with Crippen LogP contribution in [0.4, 0.5) is 0 Å². The van der Waals surface area contributed by atoms with E-state index in [4.69, 9.17) is 18.0 Å². The maximum Gasteiger partial charge on any atom is 0.122 e. The first-order valence-electron chi connectivity index (χ1n) is 2.92. The van der Waals surface area contributed by atoms with Gasteiger partial charge in [-0.15, -0.1) is 0 Å². The van der Waals surface area contributed by atoms with Crippen molar-refractivity contribution in [2.45, 2.75) is 6.92 Å². The molecule has 2 N–H and O–H groups in total. The smallest absolute Gasteiger partial charge is 0.122 e. The second-order valence-corrected chi connectivity index (χ2v) is 2.52. The van der Waals surface area contributed by atoms with Gasteiger partial charge in [-0.05, 0) is 18.6 Å². The maximum absolute atomic E-state index is 5.33. The topological polar surface area (TPSA) is 38.9 Å². The van der Waals surface area contributed by atoms with Crippen molar-refractivity contribution >= 4 is 17.2 Å². The zero-order chi connectivity index (χ0) is 7.56. The third-order valence-electron chi connectivity index (χ3n) is 1.16. The summed E-state index contributed by atoms with van der Waals surface area (Å²) in [5, 5.41) is 0. The van der Waals surface area contributed by atoms with Gasteiger partial charge in [0.1, 0.15) is 4.99 Å². The molecule has 0 saturated heterocycles. The van der Waals surface area contributed by atoms with Crippen molar-refractivity contribution in [3.05, 3.63) is 29.6 Å². The van der Waals surface area contributed by atoms with Crippen molar-refractivity contribution in [3.8, 4) is 0 Å². The van der Waals surface area contributed by atoms with E-state index in [1.165, 1.54) is 0 Å². The Morgan fingerprint density at radius 3 is 2.70 bits per heavy atom. The molecule has 0 aromatic carbocycles. The lowest BCUT2D eigenvalue weighted by Crippen LogP contribution is -2.10. The first-order chi connectivity index (χ1) is 4.70. The molecule has 1 heterocycles. The van der Waals surface area contributed by atoms with Crippen LogP contribution in [0, 0.1) is 6.92 Å². The summed E-state index contributed by atoms with van der Waals surface area (Å²) >= 11 is 4.72. The molecule has 0 aliphatic rings. The maximum atomic E-state index is 5.33. The van der Waals surface area contributed by atoms with Crippen molar-refractivity contribution in [1.29, 1.82) is 0 Å². The predicted octanol–water partition coefficient (Wildman–Crippen LogP) is 1.02. The predicted molar refractivity (Wildman–Crippen MR) is 44.9 cm³/mol. The number of hydrogen-bond donors (Lipinski definition) is 1. The van der Waals surface area contributed by atoms with E-state index in [2.05, 4.69) is 4.98 Å². The molecule has 3 heteroatoms. The molecule has 0 aliphatic heterocycles. The second kappa shape index (κ2) is 2.75. The molecular weight excluding hydrogens is 144 g/mol. The highest BCUT2D eigenvalue weighted by Crippen LogP contribution is 1.97. The van der Waals surface area contributed by atoms with Crippen LogP contribution in [0.1, 0.15) is 11.3 Å². The van der Waals surface area contributed by atoms with Crippen molar-refractivity contribution in [1.82, 2.24) is 4.98 Å². The van der Waals surface area contributed by atoms with Crippen LogP contribution in [0.2, 0.25) is 0 Å². The van der Waals surface area contributed by atoms with E-state index in [1.807, 2.05) is 19.1 Å². The van der Waals surface area contributed by atoms with Crippen LogP contribution in [0.5, 0.6) is 0 Å². The molecule has 0 saturated carbocycles. The van der Waals surface area contributed by atoms with Crippen molar-refractivity contribution in [2.75, 3.05) is 0 Å². The number of nitrogens with two attached hydrogens (primary N) is 1. The van der Waals surface area contributed by atoms with Crippen LogP contribution in [0.3, 0.4) is 0 Å². The summed E-state index contributed by atoms with van der Waals surface area (Å²) in [6.45, 7) is 1.97. The van der Waals surface area contributed by atoms with Gasteiger partial charge in [0.15, 0.2) is 0 Å². The molecule has 1 aromatic rings. The molecule has 52 valence electrons. The highest BCUT2D eigenvalue weighted by molar-refractivity contribution is 7.80. The third kappa shape index (κ3) is 1.51. The molecule has 1 aromatic heterocycles. The van der Waals surface area contributed by atoms with Gasteiger partial charge in [0.2, 0.25) is 0 Å². The Bertz CT molecular complexity index is 240. The minimum Gasteiger partial charge on any atom is -0.388 e. The van der Waals surface area contributed by atoms with Crippen LogP contribution in [0.15, 0.2) is 18.3 Å². The second-order valence-electron chi connectivity index (χ2n) is 2.09. The summed E-state index contributed by atoms with van der Waals surface area (Å²) in [5.41, 5.74) is 7.12. The molecule has 0 aliphatic carbocycles. The van der Waals surface area contributed by atoms with E-state index in [0.29, 0.717) is 10.7 Å². The molecule has 0 unspecified atom stereocenters. The Hall–Kier alpha value is -0.960. The first-order valence-corrected chi connectivity index (χ1v) is 3.33. The Morgan fingerprint density at radius 1 is 1.60 bits per heavy atom. The van der Waals surface area contributed by atoms with Gasteiger partial charge in [0, 0.05) is 6.20 Å². The van der Waals surface area contributed by atoms with Gasteiger partial charge in [-0.2, -0.15) is 0 Å². The average Bonchev–Trinajstić information content (AvgIpc) is 1.88. The summed E-state index contributed by atoms with van der Waals surface area (Å²) in [7, 11) is 0. The van der Waals surface area contributed by atoms with Gasteiger partial charge < -0.3 is 5.73 Å².